The molecule has 3 aromatic carbocycles. The molecule has 188 valence electrons. The standard InChI is InChI=1S/C25H19N3O8S/c1-16-6-9-19(10-7-16)35-13-12-26-24(29)23(37-25(26)30)14-17-4-2-3-5-21(17)36-22-11-8-18(27(31)32)15-20(22)28(33)34/h2-11,14-15H,12-13H2,1H3/b23-14-. The zero-order chi connectivity index (χ0) is 26.5. The number of nitro groups is 2. The number of nitro benzene ring substituents is 2. The van der Waals surface area contributed by atoms with E-state index in [4.69, 9.17) is 9.47 Å². The molecule has 1 fully saturated rings. The number of ether oxygens (including phenoxy) is 2. The molecule has 1 heterocycles. The maximum Gasteiger partial charge on any atom is 0.318 e. The summed E-state index contributed by atoms with van der Waals surface area (Å²) in [5.74, 6) is 0.0740. The smallest absolute Gasteiger partial charge is 0.318 e. The number of rotatable bonds is 9. The van der Waals surface area contributed by atoms with Crippen LogP contribution in [0.3, 0.4) is 0 Å². The Balaban J connectivity index is 1.51. The molecule has 0 aliphatic carbocycles. The highest BCUT2D eigenvalue weighted by Crippen LogP contribution is 2.38. The fourth-order valence-electron chi connectivity index (χ4n) is 3.38. The van der Waals surface area contributed by atoms with Gasteiger partial charge in [0.05, 0.1) is 27.4 Å². The van der Waals surface area contributed by atoms with E-state index in [0.29, 0.717) is 11.3 Å². The van der Waals surface area contributed by atoms with Gasteiger partial charge in [0.2, 0.25) is 5.75 Å². The van der Waals surface area contributed by atoms with Crippen LogP contribution in [0.25, 0.3) is 6.08 Å². The predicted molar refractivity (Wildman–Crippen MR) is 136 cm³/mol. The van der Waals surface area contributed by atoms with Crippen molar-refractivity contribution >= 4 is 40.4 Å². The van der Waals surface area contributed by atoms with Crippen LogP contribution >= 0.6 is 11.8 Å². The molecule has 37 heavy (non-hydrogen) atoms. The molecule has 4 rings (SSSR count). The molecule has 0 N–H and O–H groups in total. The van der Waals surface area contributed by atoms with Gasteiger partial charge in [-0.05, 0) is 49.0 Å². The number of hydrogen-bond donors (Lipinski definition) is 0. The van der Waals surface area contributed by atoms with Crippen LogP contribution in [-0.2, 0) is 4.79 Å². The van der Waals surface area contributed by atoms with E-state index in [2.05, 4.69) is 0 Å². The maximum absolute atomic E-state index is 12.9. The molecular weight excluding hydrogens is 502 g/mol. The SMILES string of the molecule is Cc1ccc(OCCN2C(=O)S/C(=C\c3ccccc3Oc3ccc([N+](=O)[O-])cc3[N+](=O)[O-])C2=O)cc1. The maximum atomic E-state index is 12.9. The minimum atomic E-state index is -0.783. The molecule has 0 radical (unpaired) electrons. The van der Waals surface area contributed by atoms with Crippen molar-refractivity contribution in [2.45, 2.75) is 6.92 Å². The number of carbonyl (C=O) groups is 2. The molecule has 12 heteroatoms. The van der Waals surface area contributed by atoms with Crippen LogP contribution in [0.1, 0.15) is 11.1 Å². The molecule has 1 aliphatic heterocycles. The molecule has 3 aromatic rings. The number of thioether (sulfide) groups is 1. The number of non-ortho nitro benzene ring substituents is 1. The fraction of sp³-hybridized carbons (Fsp3) is 0.120. The molecule has 0 unspecified atom stereocenters. The second-order valence-corrected chi connectivity index (χ2v) is 8.79. The van der Waals surface area contributed by atoms with Crippen LogP contribution in [0.2, 0.25) is 0 Å². The molecule has 1 aliphatic rings. The first-order chi connectivity index (χ1) is 17.7. The molecule has 0 saturated carbocycles. The van der Waals surface area contributed by atoms with E-state index in [0.717, 1.165) is 40.4 Å². The zero-order valence-corrected chi connectivity index (χ0v) is 20.2. The Kier molecular flexibility index (Phi) is 7.49. The summed E-state index contributed by atoms with van der Waals surface area (Å²) in [6.45, 7) is 2.13. The first-order valence-electron chi connectivity index (χ1n) is 10.9. The van der Waals surface area contributed by atoms with E-state index in [1.165, 1.54) is 12.1 Å². The van der Waals surface area contributed by atoms with Gasteiger partial charge in [-0.25, -0.2) is 0 Å². The average molecular weight is 522 g/mol. The Morgan fingerprint density at radius 2 is 1.68 bits per heavy atom. The Bertz CT molecular complexity index is 1420. The highest BCUT2D eigenvalue weighted by molar-refractivity contribution is 8.18. The lowest BCUT2D eigenvalue weighted by Crippen LogP contribution is -2.32. The van der Waals surface area contributed by atoms with Gasteiger partial charge in [-0.15, -0.1) is 0 Å². The van der Waals surface area contributed by atoms with Crippen LogP contribution in [0, 0.1) is 27.2 Å². The van der Waals surface area contributed by atoms with E-state index in [9.17, 15) is 29.8 Å². The summed E-state index contributed by atoms with van der Waals surface area (Å²) in [5, 5.41) is 22.0. The molecule has 2 amide bonds. The number of para-hydroxylation sites is 1. The largest absolute Gasteiger partial charge is 0.492 e. The third kappa shape index (κ3) is 5.93. The van der Waals surface area contributed by atoms with Crippen molar-refractivity contribution < 1.29 is 28.9 Å². The van der Waals surface area contributed by atoms with Crippen molar-refractivity contribution in [3.8, 4) is 17.2 Å². The first-order valence-corrected chi connectivity index (χ1v) is 11.7. The van der Waals surface area contributed by atoms with Crippen molar-refractivity contribution in [2.24, 2.45) is 0 Å². The summed E-state index contributed by atoms with van der Waals surface area (Å²) >= 11 is 0.757. The highest BCUT2D eigenvalue weighted by Gasteiger charge is 2.35. The van der Waals surface area contributed by atoms with Gasteiger partial charge in [-0.3, -0.25) is 34.7 Å². The quantitative estimate of drug-likeness (QED) is 0.196. The monoisotopic (exact) mass is 521 g/mol. The van der Waals surface area contributed by atoms with Crippen molar-refractivity contribution in [3.05, 3.63) is 103 Å². The molecule has 0 spiro atoms. The van der Waals surface area contributed by atoms with Crippen LogP contribution in [-0.4, -0.2) is 39.0 Å². The number of amides is 2. The van der Waals surface area contributed by atoms with Crippen molar-refractivity contribution in [1.29, 1.82) is 0 Å². The van der Waals surface area contributed by atoms with E-state index >= 15 is 0 Å². The van der Waals surface area contributed by atoms with E-state index in [1.54, 1.807) is 30.3 Å². The Morgan fingerprint density at radius 3 is 2.38 bits per heavy atom. The summed E-state index contributed by atoms with van der Waals surface area (Å²) in [6.07, 6.45) is 1.46. The minimum Gasteiger partial charge on any atom is -0.492 e. The van der Waals surface area contributed by atoms with Crippen molar-refractivity contribution in [1.82, 2.24) is 4.90 Å². The Labute approximate surface area is 214 Å². The van der Waals surface area contributed by atoms with Gasteiger partial charge in [0.15, 0.2) is 0 Å². The highest BCUT2D eigenvalue weighted by atomic mass is 32.2. The number of nitrogens with zero attached hydrogens (tertiary/aromatic N) is 3. The third-order valence-corrected chi connectivity index (χ3v) is 6.16. The second kappa shape index (κ2) is 10.9. The fourth-order valence-corrected chi connectivity index (χ4v) is 4.24. The van der Waals surface area contributed by atoms with E-state index in [1.807, 2.05) is 19.1 Å². The Hall–Kier alpha value is -4.71. The molecule has 0 atom stereocenters. The Morgan fingerprint density at radius 1 is 0.946 bits per heavy atom. The van der Waals surface area contributed by atoms with Gasteiger partial charge in [0.1, 0.15) is 18.1 Å². The minimum absolute atomic E-state index is 0.0586. The van der Waals surface area contributed by atoms with Gasteiger partial charge < -0.3 is 9.47 Å². The van der Waals surface area contributed by atoms with Crippen molar-refractivity contribution in [3.63, 3.8) is 0 Å². The van der Waals surface area contributed by atoms with E-state index in [-0.39, 0.29) is 29.6 Å². The van der Waals surface area contributed by atoms with Gasteiger partial charge in [-0.1, -0.05) is 35.9 Å². The predicted octanol–water partition coefficient (Wildman–Crippen LogP) is 5.72. The van der Waals surface area contributed by atoms with Gasteiger partial charge >= 0.3 is 5.69 Å². The second-order valence-electron chi connectivity index (χ2n) is 7.80. The van der Waals surface area contributed by atoms with Crippen LogP contribution in [0.4, 0.5) is 16.2 Å². The number of hydrogen-bond acceptors (Lipinski definition) is 9. The third-order valence-electron chi connectivity index (χ3n) is 5.25. The molecule has 1 saturated heterocycles. The summed E-state index contributed by atoms with van der Waals surface area (Å²) in [7, 11) is 0. The summed E-state index contributed by atoms with van der Waals surface area (Å²) in [5.41, 5.74) is 0.428. The molecular formula is C25H19N3O8S. The lowest BCUT2D eigenvalue weighted by atomic mass is 10.1. The molecule has 0 bridgehead atoms. The van der Waals surface area contributed by atoms with Crippen LogP contribution in [0.15, 0.2) is 71.6 Å². The summed E-state index contributed by atoms with van der Waals surface area (Å²) < 4.78 is 11.3. The zero-order valence-electron chi connectivity index (χ0n) is 19.4. The first kappa shape index (κ1) is 25.4. The number of aryl methyl sites for hydroxylation is 1. The number of benzene rings is 3. The van der Waals surface area contributed by atoms with Gasteiger partial charge in [0.25, 0.3) is 16.8 Å². The molecule has 0 aromatic heterocycles. The average Bonchev–Trinajstić information content (AvgIpc) is 3.13. The van der Waals surface area contributed by atoms with Gasteiger partial charge in [-0.2, -0.15) is 0 Å². The van der Waals surface area contributed by atoms with E-state index < -0.39 is 32.4 Å². The van der Waals surface area contributed by atoms with Crippen LogP contribution in [0.5, 0.6) is 17.2 Å². The number of carbonyl (C=O) groups excluding carboxylic acids is 2. The van der Waals surface area contributed by atoms with Crippen molar-refractivity contribution in [2.75, 3.05) is 13.2 Å². The van der Waals surface area contributed by atoms with Crippen LogP contribution < -0.4 is 9.47 Å². The summed E-state index contributed by atoms with van der Waals surface area (Å²) in [6, 6.07) is 16.8. The lowest BCUT2D eigenvalue weighted by molar-refractivity contribution is -0.394. The summed E-state index contributed by atoms with van der Waals surface area (Å²) in [4.78, 5) is 47.5. The number of imide groups is 1. The lowest BCUT2D eigenvalue weighted by Gasteiger charge is -2.13. The topological polar surface area (TPSA) is 142 Å². The molecule has 11 nitrogen and oxygen atoms in total. The van der Waals surface area contributed by atoms with Gasteiger partial charge in [0, 0.05) is 11.6 Å². The normalized spacial score (nSPS) is 14.2.